The molecule has 1 atom stereocenters. The summed E-state index contributed by atoms with van der Waals surface area (Å²) >= 11 is 0.891. The van der Waals surface area contributed by atoms with Crippen LogP contribution >= 0.6 is 11.3 Å². The van der Waals surface area contributed by atoms with Gasteiger partial charge in [0.1, 0.15) is 5.01 Å². The number of aromatic nitrogens is 2. The first-order valence-corrected chi connectivity index (χ1v) is 17.5. The summed E-state index contributed by atoms with van der Waals surface area (Å²) in [5.74, 6) is -2.55. The maximum absolute atomic E-state index is 13.6. The van der Waals surface area contributed by atoms with Gasteiger partial charge in [-0.3, -0.25) is 9.59 Å². The molecule has 4 rings (SSSR count). The number of fused-ring (bicyclic) bond motifs is 1. The van der Waals surface area contributed by atoms with Crippen LogP contribution < -0.4 is 16.0 Å². The highest BCUT2D eigenvalue weighted by molar-refractivity contribution is 7.91. The van der Waals surface area contributed by atoms with Crippen LogP contribution in [-0.2, 0) is 43.1 Å². The van der Waals surface area contributed by atoms with Gasteiger partial charge < -0.3 is 15.0 Å². The maximum atomic E-state index is 13.6. The van der Waals surface area contributed by atoms with Crippen molar-refractivity contribution in [1.82, 2.24) is 14.9 Å². The Bertz CT molecular complexity index is 2000. The Hall–Kier alpha value is -3.64. The van der Waals surface area contributed by atoms with Crippen LogP contribution in [0.4, 0.5) is 13.2 Å². The minimum atomic E-state index is -4.63. The Kier molecular flexibility index (Phi) is 9.61. The fourth-order valence-electron chi connectivity index (χ4n) is 4.42. The van der Waals surface area contributed by atoms with Gasteiger partial charge in [0.2, 0.25) is 15.9 Å². The number of halogens is 3. The van der Waals surface area contributed by atoms with Gasteiger partial charge in [0.15, 0.2) is 15.1 Å². The average molecular weight is 687 g/mol. The quantitative estimate of drug-likeness (QED) is 0.216. The second-order valence-electron chi connectivity index (χ2n) is 11.0. The van der Waals surface area contributed by atoms with Crippen molar-refractivity contribution in [3.05, 3.63) is 87.3 Å². The molecule has 2 aromatic carbocycles. The molecule has 45 heavy (non-hydrogen) atoms. The first kappa shape index (κ1) is 34.2. The number of alkyl halides is 3. The number of hydrogen-bond donors (Lipinski definition) is 3. The van der Waals surface area contributed by atoms with Crippen LogP contribution in [0.5, 0.6) is 0 Å². The molecule has 17 heteroatoms. The van der Waals surface area contributed by atoms with E-state index in [0.29, 0.717) is 21.3 Å². The molecule has 0 fully saturated rings. The van der Waals surface area contributed by atoms with Crippen molar-refractivity contribution >= 4 is 47.3 Å². The van der Waals surface area contributed by atoms with Crippen molar-refractivity contribution < 1.29 is 39.9 Å². The molecule has 2 aromatic heterocycles. The number of aliphatic hydroxyl groups is 1. The molecule has 0 bridgehead atoms. The predicted octanol–water partition coefficient (Wildman–Crippen LogP) is 2.98. The minimum absolute atomic E-state index is 0.00471. The molecule has 0 saturated heterocycles. The Morgan fingerprint density at radius 1 is 1.04 bits per heavy atom. The number of thiazole rings is 1. The van der Waals surface area contributed by atoms with Gasteiger partial charge in [-0.15, -0.1) is 11.3 Å². The van der Waals surface area contributed by atoms with Gasteiger partial charge >= 0.3 is 6.18 Å². The Morgan fingerprint density at radius 2 is 1.69 bits per heavy atom. The van der Waals surface area contributed by atoms with Crippen LogP contribution in [0.1, 0.15) is 35.2 Å². The van der Waals surface area contributed by atoms with E-state index in [9.17, 15) is 44.7 Å². The molecule has 4 aromatic rings. The second-order valence-corrected chi connectivity index (χ2v) is 15.9. The number of sulfonamides is 1. The van der Waals surface area contributed by atoms with Crippen molar-refractivity contribution in [2.24, 2.45) is 5.14 Å². The highest BCUT2D eigenvalue weighted by Gasteiger charge is 2.37. The van der Waals surface area contributed by atoms with Crippen LogP contribution in [0.15, 0.2) is 65.6 Å². The van der Waals surface area contributed by atoms with Gasteiger partial charge in [-0.25, -0.2) is 27.0 Å². The van der Waals surface area contributed by atoms with Gasteiger partial charge in [-0.1, -0.05) is 18.2 Å². The Labute approximate surface area is 260 Å². The third kappa shape index (κ3) is 8.97. The molecular formula is C28H29F3N4O7S3. The van der Waals surface area contributed by atoms with E-state index in [2.05, 4.69) is 10.3 Å². The van der Waals surface area contributed by atoms with E-state index in [4.69, 9.17) is 5.14 Å². The lowest BCUT2D eigenvalue weighted by Crippen LogP contribution is -2.37. The molecule has 0 spiro atoms. The monoisotopic (exact) mass is 686 g/mol. The second kappa shape index (κ2) is 12.6. The average Bonchev–Trinajstić information content (AvgIpc) is 3.30. The largest absolute Gasteiger partial charge is 0.416 e. The van der Waals surface area contributed by atoms with E-state index in [1.54, 1.807) is 44.3 Å². The third-order valence-electron chi connectivity index (χ3n) is 6.44. The fourth-order valence-corrected chi connectivity index (χ4v) is 7.97. The van der Waals surface area contributed by atoms with Crippen LogP contribution in [0.3, 0.4) is 0 Å². The number of amides is 1. The number of carbonyl (C=O) groups excluding carboxylic acids is 1. The lowest BCUT2D eigenvalue weighted by atomic mass is 10.1. The zero-order valence-corrected chi connectivity index (χ0v) is 26.4. The lowest BCUT2D eigenvalue weighted by Gasteiger charge is -2.19. The molecule has 242 valence electrons. The number of carbonyl (C=O) groups is 1. The summed E-state index contributed by atoms with van der Waals surface area (Å²) in [7, 11) is -8.45. The van der Waals surface area contributed by atoms with E-state index in [0.717, 1.165) is 35.6 Å². The van der Waals surface area contributed by atoms with Gasteiger partial charge in [0.25, 0.3) is 5.56 Å². The van der Waals surface area contributed by atoms with Crippen molar-refractivity contribution in [2.45, 2.75) is 43.2 Å². The molecule has 1 amide bonds. The van der Waals surface area contributed by atoms with E-state index in [-0.39, 0.29) is 22.7 Å². The van der Waals surface area contributed by atoms with E-state index >= 15 is 0 Å². The lowest BCUT2D eigenvalue weighted by molar-refractivity contribution is -0.137. The standard InChI is InChI=1S/C28H29F3N4O7S3/c1-27(2,38)16-35-14-19(6-10-23(35)36)18-5-9-21-22(13-18)43-26(34-21)24(25(37)33-11-12-45(32,41)42)44(39,40)15-17-3-7-20(8-4-17)28(29,30)31/h3-10,13-14,24,38H,11-12,15-16H2,1-2H3,(H,33,37)(H2,32,41,42). The molecule has 2 heterocycles. The first-order valence-electron chi connectivity index (χ1n) is 13.2. The zero-order valence-electron chi connectivity index (χ0n) is 23.9. The van der Waals surface area contributed by atoms with Crippen molar-refractivity contribution in [3.8, 4) is 11.1 Å². The maximum Gasteiger partial charge on any atom is 0.416 e. The molecular weight excluding hydrogens is 658 g/mol. The van der Waals surface area contributed by atoms with E-state index in [1.807, 2.05) is 0 Å². The number of primary sulfonamides is 1. The van der Waals surface area contributed by atoms with Crippen LogP contribution in [0, 0.1) is 0 Å². The number of rotatable bonds is 11. The minimum Gasteiger partial charge on any atom is -0.389 e. The van der Waals surface area contributed by atoms with E-state index in [1.165, 1.54) is 10.6 Å². The number of benzene rings is 2. The molecule has 0 radical (unpaired) electrons. The van der Waals surface area contributed by atoms with Crippen molar-refractivity contribution in [2.75, 3.05) is 12.3 Å². The summed E-state index contributed by atoms with van der Waals surface area (Å²) in [5, 5.41) is 15.3. The van der Waals surface area contributed by atoms with Crippen LogP contribution in [-0.4, -0.2) is 55.3 Å². The summed E-state index contributed by atoms with van der Waals surface area (Å²) < 4.78 is 90.8. The molecule has 0 aliphatic carbocycles. The number of pyridine rings is 1. The zero-order chi connectivity index (χ0) is 33.4. The number of nitrogens with one attached hydrogen (secondary N) is 1. The van der Waals surface area contributed by atoms with Crippen molar-refractivity contribution in [1.29, 1.82) is 0 Å². The van der Waals surface area contributed by atoms with E-state index < -0.39 is 66.4 Å². The molecule has 1 unspecified atom stereocenters. The van der Waals surface area contributed by atoms with Crippen LogP contribution in [0.25, 0.3) is 21.3 Å². The summed E-state index contributed by atoms with van der Waals surface area (Å²) in [5.41, 5.74) is -0.873. The number of sulfone groups is 1. The number of nitrogens with two attached hydrogens (primary N) is 1. The SMILES string of the molecule is CC(C)(O)Cn1cc(-c2ccc3nc(C(C(=O)NCCS(N)(=O)=O)S(=O)(=O)Cc4ccc(C(F)(F)F)cc4)sc3c2)ccc1=O. The topological polar surface area (TPSA) is 179 Å². The van der Waals surface area contributed by atoms with Gasteiger partial charge in [-0.2, -0.15) is 13.2 Å². The Balaban J connectivity index is 1.72. The summed E-state index contributed by atoms with van der Waals surface area (Å²) in [6, 6.07) is 11.3. The highest BCUT2D eigenvalue weighted by atomic mass is 32.2. The predicted molar refractivity (Wildman–Crippen MR) is 163 cm³/mol. The first-order chi connectivity index (χ1) is 20.7. The summed E-state index contributed by atoms with van der Waals surface area (Å²) in [4.78, 5) is 29.9. The third-order valence-corrected chi connectivity index (χ3v) is 10.3. The van der Waals surface area contributed by atoms with Crippen LogP contribution in [0.2, 0.25) is 0 Å². The molecule has 11 nitrogen and oxygen atoms in total. The fraction of sp³-hybridized carbons (Fsp3) is 0.321. The Morgan fingerprint density at radius 3 is 2.29 bits per heavy atom. The van der Waals surface area contributed by atoms with Gasteiger partial charge in [-0.05, 0) is 60.9 Å². The normalized spacial score (nSPS) is 13.6. The van der Waals surface area contributed by atoms with Gasteiger partial charge in [0, 0.05) is 18.8 Å². The number of hydrogen-bond acceptors (Lipinski definition) is 9. The molecule has 0 aliphatic heterocycles. The van der Waals surface area contributed by atoms with Crippen molar-refractivity contribution in [3.63, 3.8) is 0 Å². The smallest absolute Gasteiger partial charge is 0.389 e. The molecule has 0 aliphatic rings. The summed E-state index contributed by atoms with van der Waals surface area (Å²) in [6.07, 6.45) is -3.06. The molecule has 0 saturated carbocycles. The number of nitrogens with zero attached hydrogens (tertiary/aromatic N) is 2. The highest BCUT2D eigenvalue weighted by Crippen LogP contribution is 2.35. The van der Waals surface area contributed by atoms with Gasteiger partial charge in [0.05, 0.1) is 39.4 Å². The summed E-state index contributed by atoms with van der Waals surface area (Å²) in [6.45, 7) is 2.67. The molecule has 4 N–H and O–H groups in total.